The Bertz CT molecular complexity index is 515. The van der Waals surface area contributed by atoms with E-state index in [9.17, 15) is 9.59 Å². The van der Waals surface area contributed by atoms with Gasteiger partial charge in [0.15, 0.2) is 0 Å². The fourth-order valence-electron chi connectivity index (χ4n) is 2.42. The van der Waals surface area contributed by atoms with Crippen molar-refractivity contribution in [2.75, 3.05) is 26.2 Å². The van der Waals surface area contributed by atoms with E-state index in [0.717, 1.165) is 11.4 Å². The summed E-state index contributed by atoms with van der Waals surface area (Å²) in [4.78, 5) is 31.6. The number of amides is 2. The number of pyridine rings is 1. The third kappa shape index (κ3) is 2.44. The van der Waals surface area contributed by atoms with Gasteiger partial charge in [0.1, 0.15) is 0 Å². The number of carbonyl (C=O) groups excluding carboxylic acids is 2. The molecule has 0 unspecified atom stereocenters. The second kappa shape index (κ2) is 4.97. The Morgan fingerprint density at radius 3 is 2.63 bits per heavy atom. The predicted octanol–water partition coefficient (Wildman–Crippen LogP) is -0.644. The zero-order valence-corrected chi connectivity index (χ0v) is 10.6. The molecular formula is C13H16N4O2. The first kappa shape index (κ1) is 12.1. The van der Waals surface area contributed by atoms with Crippen molar-refractivity contribution in [2.24, 2.45) is 0 Å². The summed E-state index contributed by atoms with van der Waals surface area (Å²) in [5.41, 5.74) is 1.79. The summed E-state index contributed by atoms with van der Waals surface area (Å²) in [5, 5.41) is 3.25. The first-order chi connectivity index (χ1) is 9.24. The summed E-state index contributed by atoms with van der Waals surface area (Å²) in [6, 6.07) is 5.79. The minimum absolute atomic E-state index is 0.398. The summed E-state index contributed by atoms with van der Waals surface area (Å²) in [6.45, 7) is 3.52. The molecule has 6 nitrogen and oxygen atoms in total. The van der Waals surface area contributed by atoms with E-state index in [4.69, 9.17) is 0 Å². The van der Waals surface area contributed by atoms with Crippen LogP contribution in [0.3, 0.4) is 0 Å². The number of piperazine rings is 1. The van der Waals surface area contributed by atoms with Gasteiger partial charge in [-0.05, 0) is 12.1 Å². The average molecular weight is 260 g/mol. The Kier molecular flexibility index (Phi) is 3.16. The first-order valence-corrected chi connectivity index (χ1v) is 6.48. The lowest BCUT2D eigenvalue weighted by Crippen LogP contribution is -2.55. The Morgan fingerprint density at radius 2 is 1.74 bits per heavy atom. The molecule has 0 aliphatic carbocycles. The average Bonchev–Trinajstić information content (AvgIpc) is 2.41. The van der Waals surface area contributed by atoms with E-state index >= 15 is 0 Å². The number of nitrogens with one attached hydrogen (secondary N) is 1. The van der Waals surface area contributed by atoms with Crippen LogP contribution in [0.5, 0.6) is 0 Å². The number of hydrogen-bond donors (Lipinski definition) is 1. The van der Waals surface area contributed by atoms with Crippen molar-refractivity contribution in [3.05, 3.63) is 29.6 Å². The fourth-order valence-corrected chi connectivity index (χ4v) is 2.42. The van der Waals surface area contributed by atoms with Crippen LogP contribution in [0, 0.1) is 0 Å². The van der Waals surface area contributed by atoms with Gasteiger partial charge < -0.3 is 15.1 Å². The maximum absolute atomic E-state index is 12.0. The van der Waals surface area contributed by atoms with E-state index in [1.807, 2.05) is 18.2 Å². The number of rotatable bonds is 0. The monoisotopic (exact) mass is 260 g/mol. The van der Waals surface area contributed by atoms with E-state index in [1.165, 1.54) is 0 Å². The third-order valence-electron chi connectivity index (χ3n) is 3.48. The van der Waals surface area contributed by atoms with Gasteiger partial charge in [0.2, 0.25) is 0 Å². The van der Waals surface area contributed by atoms with E-state index in [2.05, 4.69) is 10.3 Å². The standard InChI is InChI=1S/C13H16N4O2/c18-12-13(19)17-7-6-16(12)5-4-14-8-10-2-1-3-11(9-17)15-10/h1-3,14H,4-9H2. The molecule has 0 spiro atoms. The number of hydrogen-bond acceptors (Lipinski definition) is 4. The molecule has 1 saturated heterocycles. The van der Waals surface area contributed by atoms with Crippen LogP contribution in [0.4, 0.5) is 0 Å². The first-order valence-electron chi connectivity index (χ1n) is 6.48. The smallest absolute Gasteiger partial charge is 0.312 e. The lowest BCUT2D eigenvalue weighted by atomic mass is 10.2. The molecular weight excluding hydrogens is 244 g/mol. The highest BCUT2D eigenvalue weighted by Gasteiger charge is 2.32. The van der Waals surface area contributed by atoms with Crippen LogP contribution in [-0.4, -0.2) is 52.8 Å². The lowest BCUT2D eigenvalue weighted by molar-refractivity contribution is -0.156. The molecule has 1 fully saturated rings. The highest BCUT2D eigenvalue weighted by atomic mass is 16.2. The van der Waals surface area contributed by atoms with Gasteiger partial charge >= 0.3 is 11.8 Å². The zero-order chi connectivity index (χ0) is 13.2. The highest BCUT2D eigenvalue weighted by Crippen LogP contribution is 2.10. The molecule has 0 radical (unpaired) electrons. The van der Waals surface area contributed by atoms with Gasteiger partial charge in [0.25, 0.3) is 0 Å². The molecule has 3 aliphatic rings. The van der Waals surface area contributed by atoms with Crippen LogP contribution in [0.2, 0.25) is 0 Å². The van der Waals surface area contributed by atoms with Gasteiger partial charge in [-0.3, -0.25) is 14.6 Å². The molecule has 1 N–H and O–H groups in total. The maximum atomic E-state index is 12.0. The quantitative estimate of drug-likeness (QED) is 0.630. The largest absolute Gasteiger partial charge is 0.331 e. The number of carbonyl (C=O) groups is 2. The van der Waals surface area contributed by atoms with Crippen molar-refractivity contribution >= 4 is 11.8 Å². The Morgan fingerprint density at radius 1 is 1.00 bits per heavy atom. The van der Waals surface area contributed by atoms with E-state index in [1.54, 1.807) is 9.80 Å². The topological polar surface area (TPSA) is 65.5 Å². The van der Waals surface area contributed by atoms with Crippen LogP contribution >= 0.6 is 0 Å². The van der Waals surface area contributed by atoms with Gasteiger partial charge in [0.05, 0.1) is 17.9 Å². The molecule has 6 heteroatoms. The number of nitrogens with zero attached hydrogens (tertiary/aromatic N) is 3. The maximum Gasteiger partial charge on any atom is 0.312 e. The second-order valence-electron chi connectivity index (χ2n) is 4.82. The van der Waals surface area contributed by atoms with Crippen molar-refractivity contribution in [1.29, 1.82) is 0 Å². The van der Waals surface area contributed by atoms with Gasteiger partial charge in [0, 0.05) is 32.7 Å². The third-order valence-corrected chi connectivity index (χ3v) is 3.48. The van der Waals surface area contributed by atoms with Crippen LogP contribution in [0.15, 0.2) is 18.2 Å². The predicted molar refractivity (Wildman–Crippen MR) is 67.9 cm³/mol. The Hall–Kier alpha value is -1.95. The van der Waals surface area contributed by atoms with Crippen molar-refractivity contribution in [2.45, 2.75) is 13.1 Å². The Labute approximate surface area is 111 Å². The number of aromatic nitrogens is 1. The summed E-state index contributed by atoms with van der Waals surface area (Å²) in [5.74, 6) is -0.816. The van der Waals surface area contributed by atoms with E-state index < -0.39 is 11.8 Å². The summed E-state index contributed by atoms with van der Waals surface area (Å²) >= 11 is 0. The summed E-state index contributed by atoms with van der Waals surface area (Å²) < 4.78 is 0. The van der Waals surface area contributed by atoms with Gasteiger partial charge in [-0.15, -0.1) is 0 Å². The van der Waals surface area contributed by atoms with Gasteiger partial charge in [-0.25, -0.2) is 0 Å². The molecule has 100 valence electrons. The molecule has 1 aromatic rings. The van der Waals surface area contributed by atoms with Crippen molar-refractivity contribution in [3.63, 3.8) is 0 Å². The molecule has 3 aliphatic heterocycles. The minimum Gasteiger partial charge on any atom is -0.331 e. The SMILES string of the molecule is O=C1C(=O)N2CCN1CCNCc1cccc(n1)C2. The molecule has 4 heterocycles. The second-order valence-corrected chi connectivity index (χ2v) is 4.82. The van der Waals surface area contributed by atoms with Crippen molar-refractivity contribution in [1.82, 2.24) is 20.1 Å². The van der Waals surface area contributed by atoms with Crippen LogP contribution in [0.1, 0.15) is 11.4 Å². The van der Waals surface area contributed by atoms with Crippen LogP contribution < -0.4 is 5.32 Å². The molecule has 19 heavy (non-hydrogen) atoms. The summed E-state index contributed by atoms with van der Waals surface area (Å²) in [7, 11) is 0. The van der Waals surface area contributed by atoms with E-state index in [-0.39, 0.29) is 0 Å². The minimum atomic E-state index is -0.418. The highest BCUT2D eigenvalue weighted by molar-refractivity contribution is 6.35. The molecule has 0 atom stereocenters. The van der Waals surface area contributed by atoms with Crippen molar-refractivity contribution in [3.8, 4) is 0 Å². The normalized spacial score (nSPS) is 20.2. The zero-order valence-electron chi connectivity index (χ0n) is 10.6. The number of fused-ring (bicyclic) bond motifs is 5. The lowest BCUT2D eigenvalue weighted by Gasteiger charge is -2.34. The van der Waals surface area contributed by atoms with Gasteiger partial charge in [-0.2, -0.15) is 0 Å². The molecule has 4 bridgehead atoms. The Balaban J connectivity index is 1.90. The molecule has 1 aromatic heterocycles. The van der Waals surface area contributed by atoms with Gasteiger partial charge in [-0.1, -0.05) is 6.07 Å². The molecule has 2 amide bonds. The van der Waals surface area contributed by atoms with Crippen molar-refractivity contribution < 1.29 is 9.59 Å². The van der Waals surface area contributed by atoms with Crippen LogP contribution in [0.25, 0.3) is 0 Å². The molecule has 4 rings (SSSR count). The molecule has 0 aromatic carbocycles. The van der Waals surface area contributed by atoms with Crippen LogP contribution in [-0.2, 0) is 22.7 Å². The molecule has 0 saturated carbocycles. The summed E-state index contributed by atoms with van der Waals surface area (Å²) in [6.07, 6.45) is 0. The van der Waals surface area contributed by atoms with E-state index in [0.29, 0.717) is 39.3 Å². The fraction of sp³-hybridized carbons (Fsp3) is 0.462.